The Kier molecular flexibility index (Phi) is 3.50. The summed E-state index contributed by atoms with van der Waals surface area (Å²) in [7, 11) is 0. The third-order valence-electron chi connectivity index (χ3n) is 3.73. The fraction of sp³-hybridized carbons (Fsp3) is 0.571. The summed E-state index contributed by atoms with van der Waals surface area (Å²) < 4.78 is 12.8. The van der Waals surface area contributed by atoms with Gasteiger partial charge in [0.05, 0.1) is 6.10 Å². The molecule has 94 valence electrons. The smallest absolute Gasteiger partial charge is 0.123 e. The number of halogens is 1. The lowest BCUT2D eigenvalue weighted by Gasteiger charge is -2.41. The molecule has 0 aliphatic carbocycles. The fourth-order valence-electron chi connectivity index (χ4n) is 2.19. The summed E-state index contributed by atoms with van der Waals surface area (Å²) in [4.78, 5) is 2.23. The lowest BCUT2D eigenvalue weighted by Crippen LogP contribution is -2.47. The van der Waals surface area contributed by atoms with Crippen molar-refractivity contribution >= 4 is 0 Å². The largest absolute Gasteiger partial charge is 0.391 e. The molecule has 1 N–H and O–H groups in total. The van der Waals surface area contributed by atoms with Gasteiger partial charge in [0.15, 0.2) is 0 Å². The molecule has 1 heterocycles. The molecule has 1 saturated heterocycles. The van der Waals surface area contributed by atoms with E-state index in [1.807, 2.05) is 12.1 Å². The van der Waals surface area contributed by atoms with E-state index in [1.54, 1.807) is 0 Å². The van der Waals surface area contributed by atoms with Crippen LogP contribution in [0.15, 0.2) is 24.3 Å². The topological polar surface area (TPSA) is 23.5 Å². The maximum atomic E-state index is 12.8. The van der Waals surface area contributed by atoms with Crippen molar-refractivity contribution in [3.63, 3.8) is 0 Å². The van der Waals surface area contributed by atoms with Gasteiger partial charge in [0.25, 0.3) is 0 Å². The Labute approximate surface area is 102 Å². The van der Waals surface area contributed by atoms with Gasteiger partial charge in [0.1, 0.15) is 5.82 Å². The Balaban J connectivity index is 1.95. The maximum Gasteiger partial charge on any atom is 0.123 e. The number of benzene rings is 1. The predicted molar refractivity (Wildman–Crippen MR) is 66.1 cm³/mol. The normalized spacial score (nSPS) is 24.8. The first kappa shape index (κ1) is 12.5. The van der Waals surface area contributed by atoms with Crippen molar-refractivity contribution in [1.82, 2.24) is 4.90 Å². The molecule has 17 heavy (non-hydrogen) atoms. The Morgan fingerprint density at radius 1 is 1.35 bits per heavy atom. The zero-order chi connectivity index (χ0) is 12.5. The van der Waals surface area contributed by atoms with E-state index in [9.17, 15) is 9.50 Å². The number of piperidine rings is 1. The quantitative estimate of drug-likeness (QED) is 0.854. The van der Waals surface area contributed by atoms with Gasteiger partial charge in [-0.1, -0.05) is 26.0 Å². The number of nitrogens with zero attached hydrogens (tertiary/aromatic N) is 1. The fourth-order valence-corrected chi connectivity index (χ4v) is 2.19. The molecular weight excluding hydrogens is 217 g/mol. The minimum absolute atomic E-state index is 0.0132. The second-order valence-electron chi connectivity index (χ2n) is 5.62. The van der Waals surface area contributed by atoms with E-state index >= 15 is 0 Å². The van der Waals surface area contributed by atoms with Gasteiger partial charge in [0.2, 0.25) is 0 Å². The van der Waals surface area contributed by atoms with E-state index in [2.05, 4.69) is 18.7 Å². The van der Waals surface area contributed by atoms with Gasteiger partial charge >= 0.3 is 0 Å². The minimum Gasteiger partial charge on any atom is -0.391 e. The second kappa shape index (κ2) is 4.75. The molecule has 1 atom stereocenters. The first-order chi connectivity index (χ1) is 7.97. The van der Waals surface area contributed by atoms with E-state index in [1.165, 1.54) is 12.1 Å². The summed E-state index contributed by atoms with van der Waals surface area (Å²) in [5.41, 5.74) is 1.11. The summed E-state index contributed by atoms with van der Waals surface area (Å²) in [6.07, 6.45) is 0.715. The van der Waals surface area contributed by atoms with Crippen molar-refractivity contribution < 1.29 is 9.50 Å². The van der Waals surface area contributed by atoms with Crippen molar-refractivity contribution in [3.05, 3.63) is 35.6 Å². The molecule has 2 rings (SSSR count). The summed E-state index contributed by atoms with van der Waals surface area (Å²) in [6.45, 7) is 6.68. The van der Waals surface area contributed by atoms with E-state index in [-0.39, 0.29) is 17.3 Å². The Bertz CT molecular complexity index is 374. The highest BCUT2D eigenvalue weighted by Gasteiger charge is 2.33. The van der Waals surface area contributed by atoms with Crippen molar-refractivity contribution in [1.29, 1.82) is 0 Å². The van der Waals surface area contributed by atoms with Crippen molar-refractivity contribution in [2.75, 3.05) is 13.1 Å². The second-order valence-corrected chi connectivity index (χ2v) is 5.62. The van der Waals surface area contributed by atoms with Gasteiger partial charge in [-0.2, -0.15) is 0 Å². The first-order valence-electron chi connectivity index (χ1n) is 6.12. The highest BCUT2D eigenvalue weighted by molar-refractivity contribution is 5.16. The highest BCUT2D eigenvalue weighted by atomic mass is 19.1. The molecule has 1 fully saturated rings. The number of aliphatic hydroxyl groups excluding tert-OH is 1. The zero-order valence-corrected chi connectivity index (χ0v) is 10.5. The average molecular weight is 237 g/mol. The predicted octanol–water partition coefficient (Wildman–Crippen LogP) is 2.42. The summed E-state index contributed by atoms with van der Waals surface area (Å²) >= 11 is 0. The molecule has 0 radical (unpaired) electrons. The molecule has 1 aliphatic heterocycles. The highest BCUT2D eigenvalue weighted by Crippen LogP contribution is 2.30. The summed E-state index contributed by atoms with van der Waals surface area (Å²) in [5, 5.41) is 10.0. The van der Waals surface area contributed by atoms with Gasteiger partial charge in [-0.3, -0.25) is 4.90 Å². The number of hydrogen-bond donors (Lipinski definition) is 1. The van der Waals surface area contributed by atoms with E-state index in [0.717, 1.165) is 25.1 Å². The van der Waals surface area contributed by atoms with Crippen LogP contribution in [0.25, 0.3) is 0 Å². The number of hydrogen-bond acceptors (Lipinski definition) is 2. The van der Waals surface area contributed by atoms with Gasteiger partial charge in [0, 0.05) is 13.1 Å². The summed E-state index contributed by atoms with van der Waals surface area (Å²) in [5.74, 6) is -0.200. The SMILES string of the molecule is CC1(C)CCN(Cc2ccc(F)cc2)CC1O. The summed E-state index contributed by atoms with van der Waals surface area (Å²) in [6, 6.07) is 6.59. The Morgan fingerprint density at radius 3 is 2.59 bits per heavy atom. The van der Waals surface area contributed by atoms with Crippen LogP contribution in [-0.2, 0) is 6.54 Å². The van der Waals surface area contributed by atoms with Gasteiger partial charge < -0.3 is 5.11 Å². The molecule has 1 aromatic carbocycles. The third kappa shape index (κ3) is 3.05. The molecule has 0 amide bonds. The van der Waals surface area contributed by atoms with Crippen LogP contribution in [-0.4, -0.2) is 29.2 Å². The lowest BCUT2D eigenvalue weighted by molar-refractivity contribution is -0.0278. The van der Waals surface area contributed by atoms with Crippen LogP contribution in [0.5, 0.6) is 0 Å². The number of rotatable bonds is 2. The molecule has 3 heteroatoms. The third-order valence-corrected chi connectivity index (χ3v) is 3.73. The van der Waals surface area contributed by atoms with Crippen LogP contribution in [0.2, 0.25) is 0 Å². The minimum atomic E-state index is -0.281. The first-order valence-corrected chi connectivity index (χ1v) is 6.12. The van der Waals surface area contributed by atoms with Crippen molar-refractivity contribution in [2.24, 2.45) is 5.41 Å². The molecule has 1 aromatic rings. The number of aliphatic hydroxyl groups is 1. The molecule has 0 bridgehead atoms. The standard InChI is InChI=1S/C14H20FNO/c1-14(2)7-8-16(10-13(14)17)9-11-3-5-12(15)6-4-11/h3-6,13,17H,7-10H2,1-2H3. The van der Waals surface area contributed by atoms with Gasteiger partial charge in [-0.25, -0.2) is 4.39 Å². The van der Waals surface area contributed by atoms with Crippen LogP contribution in [0.4, 0.5) is 4.39 Å². The van der Waals surface area contributed by atoms with Crippen LogP contribution >= 0.6 is 0 Å². The van der Waals surface area contributed by atoms with E-state index < -0.39 is 0 Å². The van der Waals surface area contributed by atoms with Crippen molar-refractivity contribution in [3.8, 4) is 0 Å². The number of likely N-dealkylation sites (tertiary alicyclic amines) is 1. The molecular formula is C14H20FNO. The molecule has 1 unspecified atom stereocenters. The van der Waals surface area contributed by atoms with E-state index in [4.69, 9.17) is 0 Å². The maximum absolute atomic E-state index is 12.8. The van der Waals surface area contributed by atoms with Crippen LogP contribution < -0.4 is 0 Å². The van der Waals surface area contributed by atoms with Crippen LogP contribution in [0, 0.1) is 11.2 Å². The van der Waals surface area contributed by atoms with Crippen molar-refractivity contribution in [2.45, 2.75) is 32.9 Å². The number of β-amino-alcohol motifs (C(OH)–C–C–N with tert-alkyl or cyclic N) is 1. The van der Waals surface area contributed by atoms with Gasteiger partial charge in [-0.05, 0) is 36.1 Å². The Hall–Kier alpha value is -0.930. The van der Waals surface area contributed by atoms with Gasteiger partial charge in [-0.15, -0.1) is 0 Å². The van der Waals surface area contributed by atoms with Crippen LogP contribution in [0.3, 0.4) is 0 Å². The zero-order valence-electron chi connectivity index (χ0n) is 10.5. The molecule has 0 spiro atoms. The molecule has 0 aromatic heterocycles. The molecule has 1 aliphatic rings. The average Bonchev–Trinajstić information content (AvgIpc) is 2.27. The monoisotopic (exact) mass is 237 g/mol. The van der Waals surface area contributed by atoms with Crippen LogP contribution in [0.1, 0.15) is 25.8 Å². The lowest BCUT2D eigenvalue weighted by atomic mass is 9.80. The Morgan fingerprint density at radius 2 is 2.00 bits per heavy atom. The van der Waals surface area contributed by atoms with E-state index in [0.29, 0.717) is 6.54 Å². The molecule has 2 nitrogen and oxygen atoms in total. The molecule has 0 saturated carbocycles.